The lowest BCUT2D eigenvalue weighted by molar-refractivity contribution is -0.142. The Hall–Kier alpha value is -3.17. The van der Waals surface area contributed by atoms with E-state index >= 15 is 0 Å². The number of benzene rings is 1. The van der Waals surface area contributed by atoms with Crippen LogP contribution in [0.1, 0.15) is 40.4 Å². The summed E-state index contributed by atoms with van der Waals surface area (Å²) in [5.41, 5.74) is -0.751. The molecule has 0 aliphatic rings. The number of nitrogens with one attached hydrogen (secondary N) is 1. The van der Waals surface area contributed by atoms with Gasteiger partial charge in [-0.15, -0.1) is 0 Å². The van der Waals surface area contributed by atoms with Gasteiger partial charge in [0.2, 0.25) is 0 Å². The second kappa shape index (κ2) is 7.10. The van der Waals surface area contributed by atoms with Gasteiger partial charge in [-0.2, -0.15) is 18.3 Å². The lowest BCUT2D eigenvalue weighted by Crippen LogP contribution is -2.27. The van der Waals surface area contributed by atoms with Gasteiger partial charge in [0.1, 0.15) is 5.69 Å². The molecule has 0 spiro atoms. The molecule has 1 aromatic carbocycles. The molecule has 2 heterocycles. The molecule has 0 unspecified atom stereocenters. The minimum absolute atomic E-state index is 0.0590. The first-order chi connectivity index (χ1) is 13.1. The Bertz CT molecular complexity index is 1050. The molecule has 0 saturated carbocycles. The minimum Gasteiger partial charge on any atom is -0.494 e. The molecule has 148 valence electrons. The molecule has 0 fully saturated rings. The first-order valence-electron chi connectivity index (χ1n) is 8.19. The Morgan fingerprint density at radius 1 is 1.25 bits per heavy atom. The summed E-state index contributed by atoms with van der Waals surface area (Å²) in [6.07, 6.45) is -4.65. The first kappa shape index (κ1) is 19.6. The van der Waals surface area contributed by atoms with Crippen LogP contribution in [-0.2, 0) is 6.18 Å². The van der Waals surface area contributed by atoms with Gasteiger partial charge in [0.15, 0.2) is 22.9 Å². The van der Waals surface area contributed by atoms with Crippen molar-refractivity contribution in [2.75, 3.05) is 7.11 Å². The van der Waals surface area contributed by atoms with E-state index in [0.29, 0.717) is 10.1 Å². The SMILES string of the molecule is COc1ccc([C@@H](C)NC(=O)c2cc3nc(C)cc(C(F)(F)F)n3n2)cc1F. The Kier molecular flexibility index (Phi) is 4.97. The molecule has 3 rings (SSSR count). The third-order valence-corrected chi connectivity index (χ3v) is 4.10. The number of hydrogen-bond acceptors (Lipinski definition) is 4. The first-order valence-corrected chi connectivity index (χ1v) is 8.19. The molecule has 0 aliphatic heterocycles. The summed E-state index contributed by atoms with van der Waals surface area (Å²) in [6.45, 7) is 3.03. The van der Waals surface area contributed by atoms with Crippen LogP contribution in [0.3, 0.4) is 0 Å². The van der Waals surface area contributed by atoms with Crippen LogP contribution in [-0.4, -0.2) is 27.6 Å². The molecule has 1 atom stereocenters. The maximum Gasteiger partial charge on any atom is 0.433 e. The zero-order valence-electron chi connectivity index (χ0n) is 15.1. The predicted molar refractivity (Wildman–Crippen MR) is 91.6 cm³/mol. The minimum atomic E-state index is -4.65. The van der Waals surface area contributed by atoms with E-state index < -0.39 is 29.6 Å². The summed E-state index contributed by atoms with van der Waals surface area (Å²) in [5.74, 6) is -1.24. The summed E-state index contributed by atoms with van der Waals surface area (Å²) < 4.78 is 58.9. The van der Waals surface area contributed by atoms with Gasteiger partial charge in [-0.05, 0) is 37.6 Å². The second-order valence-electron chi connectivity index (χ2n) is 6.17. The zero-order chi connectivity index (χ0) is 20.6. The van der Waals surface area contributed by atoms with Gasteiger partial charge in [-0.25, -0.2) is 13.9 Å². The van der Waals surface area contributed by atoms with Crippen LogP contribution in [0.5, 0.6) is 5.75 Å². The summed E-state index contributed by atoms with van der Waals surface area (Å²) in [5, 5.41) is 6.32. The van der Waals surface area contributed by atoms with Crippen LogP contribution in [0.2, 0.25) is 0 Å². The van der Waals surface area contributed by atoms with E-state index in [1.807, 2.05) is 0 Å². The highest BCUT2D eigenvalue weighted by Gasteiger charge is 2.35. The van der Waals surface area contributed by atoms with Crippen LogP contribution in [0.25, 0.3) is 5.65 Å². The van der Waals surface area contributed by atoms with E-state index in [-0.39, 0.29) is 22.8 Å². The van der Waals surface area contributed by atoms with Crippen molar-refractivity contribution >= 4 is 11.6 Å². The van der Waals surface area contributed by atoms with Crippen LogP contribution < -0.4 is 10.1 Å². The number of aryl methyl sites for hydroxylation is 1. The molecule has 1 amide bonds. The molecular formula is C18H16F4N4O2. The Morgan fingerprint density at radius 2 is 1.96 bits per heavy atom. The molecule has 0 saturated heterocycles. The fourth-order valence-corrected chi connectivity index (χ4v) is 2.72. The highest BCUT2D eigenvalue weighted by atomic mass is 19.4. The molecule has 6 nitrogen and oxygen atoms in total. The smallest absolute Gasteiger partial charge is 0.433 e. The van der Waals surface area contributed by atoms with E-state index in [2.05, 4.69) is 15.4 Å². The normalized spacial score (nSPS) is 12.8. The zero-order valence-corrected chi connectivity index (χ0v) is 15.1. The van der Waals surface area contributed by atoms with Crippen molar-refractivity contribution in [3.8, 4) is 5.75 Å². The van der Waals surface area contributed by atoms with Crippen molar-refractivity contribution < 1.29 is 27.1 Å². The quantitative estimate of drug-likeness (QED) is 0.683. The third-order valence-electron chi connectivity index (χ3n) is 4.10. The van der Waals surface area contributed by atoms with Crippen LogP contribution >= 0.6 is 0 Å². The molecule has 28 heavy (non-hydrogen) atoms. The number of hydrogen-bond donors (Lipinski definition) is 1. The van der Waals surface area contributed by atoms with Crippen LogP contribution in [0.15, 0.2) is 30.3 Å². The Balaban J connectivity index is 1.88. The van der Waals surface area contributed by atoms with E-state index in [9.17, 15) is 22.4 Å². The van der Waals surface area contributed by atoms with Gasteiger partial charge in [-0.1, -0.05) is 6.07 Å². The van der Waals surface area contributed by atoms with Gasteiger partial charge in [0, 0.05) is 11.8 Å². The van der Waals surface area contributed by atoms with E-state index in [1.165, 1.54) is 32.2 Å². The van der Waals surface area contributed by atoms with Gasteiger partial charge in [0.25, 0.3) is 5.91 Å². The van der Waals surface area contributed by atoms with Crippen molar-refractivity contribution in [3.05, 3.63) is 58.8 Å². The molecule has 0 radical (unpaired) electrons. The average Bonchev–Trinajstić information content (AvgIpc) is 3.03. The van der Waals surface area contributed by atoms with Crippen molar-refractivity contribution in [2.24, 2.45) is 0 Å². The number of amides is 1. The summed E-state index contributed by atoms with van der Waals surface area (Å²) >= 11 is 0. The topological polar surface area (TPSA) is 68.5 Å². The molecule has 1 N–H and O–H groups in total. The highest BCUT2D eigenvalue weighted by Crippen LogP contribution is 2.30. The maximum atomic E-state index is 13.8. The van der Waals surface area contributed by atoms with Gasteiger partial charge >= 0.3 is 6.18 Å². The number of alkyl halides is 3. The number of nitrogens with zero attached hydrogens (tertiary/aromatic N) is 3. The molecular weight excluding hydrogens is 380 g/mol. The van der Waals surface area contributed by atoms with Crippen molar-refractivity contribution in [1.29, 1.82) is 0 Å². The van der Waals surface area contributed by atoms with Gasteiger partial charge in [-0.3, -0.25) is 4.79 Å². The Morgan fingerprint density at radius 3 is 2.57 bits per heavy atom. The number of fused-ring (bicyclic) bond motifs is 1. The fourth-order valence-electron chi connectivity index (χ4n) is 2.72. The van der Waals surface area contributed by atoms with Crippen molar-refractivity contribution in [1.82, 2.24) is 19.9 Å². The molecule has 3 aromatic rings. The lowest BCUT2D eigenvalue weighted by Gasteiger charge is -2.14. The maximum absolute atomic E-state index is 13.8. The largest absolute Gasteiger partial charge is 0.494 e. The molecule has 2 aromatic heterocycles. The monoisotopic (exact) mass is 396 g/mol. The van der Waals surface area contributed by atoms with Crippen molar-refractivity contribution in [3.63, 3.8) is 0 Å². The summed E-state index contributed by atoms with van der Waals surface area (Å²) in [4.78, 5) is 16.4. The molecule has 0 bridgehead atoms. The van der Waals surface area contributed by atoms with E-state index in [4.69, 9.17) is 4.74 Å². The van der Waals surface area contributed by atoms with Crippen LogP contribution in [0, 0.1) is 12.7 Å². The average molecular weight is 396 g/mol. The van der Waals surface area contributed by atoms with Gasteiger partial charge < -0.3 is 10.1 Å². The fraction of sp³-hybridized carbons (Fsp3) is 0.278. The lowest BCUT2D eigenvalue weighted by atomic mass is 10.1. The van der Waals surface area contributed by atoms with Gasteiger partial charge in [0.05, 0.1) is 13.2 Å². The summed E-state index contributed by atoms with van der Waals surface area (Å²) in [6, 6.07) is 5.60. The molecule has 10 heteroatoms. The Labute approximate surface area is 157 Å². The molecule has 0 aliphatic carbocycles. The number of carbonyl (C=O) groups excluding carboxylic acids is 1. The van der Waals surface area contributed by atoms with Crippen LogP contribution in [0.4, 0.5) is 17.6 Å². The standard InChI is InChI=1S/C18H16F4N4O2/c1-9-6-15(18(20,21)22)26-16(23-9)8-13(25-26)17(27)24-10(2)11-4-5-14(28-3)12(19)7-11/h4-8,10H,1-3H3,(H,24,27)/t10-/m1/s1. The van der Waals surface area contributed by atoms with Crippen molar-refractivity contribution in [2.45, 2.75) is 26.1 Å². The van der Waals surface area contributed by atoms with E-state index in [0.717, 1.165) is 6.07 Å². The number of ether oxygens (including phenoxy) is 1. The second-order valence-corrected chi connectivity index (χ2v) is 6.17. The highest BCUT2D eigenvalue weighted by molar-refractivity contribution is 5.93. The number of aromatic nitrogens is 3. The number of carbonyl (C=O) groups is 1. The number of halogens is 4. The summed E-state index contributed by atoms with van der Waals surface area (Å²) in [7, 11) is 1.33. The van der Waals surface area contributed by atoms with E-state index in [1.54, 1.807) is 13.0 Å². The third kappa shape index (κ3) is 3.75. The predicted octanol–water partition coefficient (Wildman–Crippen LogP) is 3.70. The number of rotatable bonds is 4. The number of methoxy groups -OCH3 is 1.